The maximum atomic E-state index is 13.6. The van der Waals surface area contributed by atoms with Crippen LogP contribution in [0.25, 0.3) is 0 Å². The lowest BCUT2D eigenvalue weighted by Gasteiger charge is -2.24. The molecule has 11 heteroatoms. The zero-order valence-corrected chi connectivity index (χ0v) is 23.2. The van der Waals surface area contributed by atoms with E-state index in [0.717, 1.165) is 5.56 Å². The fourth-order valence-corrected chi connectivity index (χ4v) is 4.52. The molecule has 4 rings (SSSR count). The van der Waals surface area contributed by atoms with Crippen LogP contribution in [0.2, 0.25) is 0 Å². The lowest BCUT2D eigenvalue weighted by Crippen LogP contribution is -2.49. The van der Waals surface area contributed by atoms with E-state index < -0.39 is 23.8 Å². The molecule has 1 aliphatic rings. The highest BCUT2D eigenvalue weighted by Crippen LogP contribution is 2.25. The predicted molar refractivity (Wildman–Crippen MR) is 153 cm³/mol. The Bertz CT molecular complexity index is 1380. The van der Waals surface area contributed by atoms with E-state index in [0.29, 0.717) is 29.5 Å². The molecular formula is C29H30N4O6S. The van der Waals surface area contributed by atoms with Crippen LogP contribution >= 0.6 is 12.2 Å². The molecule has 1 atom stereocenters. The number of ether oxygens (including phenoxy) is 3. The molecular weight excluding hydrogens is 532 g/mol. The van der Waals surface area contributed by atoms with Gasteiger partial charge in [0.25, 0.3) is 11.8 Å². The molecule has 3 aromatic carbocycles. The van der Waals surface area contributed by atoms with Gasteiger partial charge in [0.1, 0.15) is 23.3 Å². The third-order valence-electron chi connectivity index (χ3n) is 6.13. The van der Waals surface area contributed by atoms with Crippen LogP contribution in [-0.4, -0.2) is 59.6 Å². The first-order valence-corrected chi connectivity index (χ1v) is 13.0. The zero-order chi connectivity index (χ0) is 28.6. The van der Waals surface area contributed by atoms with E-state index in [2.05, 4.69) is 10.7 Å². The van der Waals surface area contributed by atoms with Crippen LogP contribution < -0.4 is 25.0 Å². The predicted octanol–water partition coefficient (Wildman–Crippen LogP) is 3.77. The Balaban J connectivity index is 1.57. The van der Waals surface area contributed by atoms with Crippen molar-refractivity contribution in [2.24, 2.45) is 0 Å². The normalized spacial score (nSPS) is 14.6. The van der Waals surface area contributed by atoms with Crippen molar-refractivity contribution in [3.63, 3.8) is 0 Å². The molecule has 1 fully saturated rings. The Labute approximate surface area is 237 Å². The average Bonchev–Trinajstić information content (AvgIpc) is 3.17. The quantitative estimate of drug-likeness (QED) is 0.340. The van der Waals surface area contributed by atoms with Gasteiger partial charge in [0.05, 0.1) is 33.8 Å². The lowest BCUT2D eigenvalue weighted by molar-refractivity contribution is -0.131. The number of methoxy groups -OCH3 is 2. The number of thiocarbonyl (C=S) groups is 1. The molecule has 0 saturated carbocycles. The van der Waals surface area contributed by atoms with Gasteiger partial charge in [-0.25, -0.2) is 5.01 Å². The highest BCUT2D eigenvalue weighted by atomic mass is 32.1. The molecule has 3 aromatic rings. The lowest BCUT2D eigenvalue weighted by atomic mass is 10.1. The number of hydrogen-bond acceptors (Lipinski definition) is 7. The minimum atomic E-state index is -1.07. The molecule has 10 nitrogen and oxygen atoms in total. The van der Waals surface area contributed by atoms with Crippen molar-refractivity contribution in [1.82, 2.24) is 15.3 Å². The number of nitrogens with one attached hydrogen (secondary N) is 2. The second kappa shape index (κ2) is 12.9. The van der Waals surface area contributed by atoms with Gasteiger partial charge in [-0.1, -0.05) is 36.4 Å². The van der Waals surface area contributed by atoms with E-state index in [4.69, 9.17) is 26.4 Å². The highest BCUT2D eigenvalue weighted by Gasteiger charge is 2.44. The number of anilines is 1. The van der Waals surface area contributed by atoms with Crippen LogP contribution in [0.4, 0.5) is 5.69 Å². The van der Waals surface area contributed by atoms with E-state index in [1.165, 1.54) is 36.3 Å². The Morgan fingerprint density at radius 1 is 0.925 bits per heavy atom. The van der Waals surface area contributed by atoms with Crippen molar-refractivity contribution in [1.29, 1.82) is 0 Å². The fourth-order valence-electron chi connectivity index (χ4n) is 4.19. The molecule has 0 bridgehead atoms. The molecule has 0 spiro atoms. The van der Waals surface area contributed by atoms with Gasteiger partial charge in [0.2, 0.25) is 5.91 Å². The maximum absolute atomic E-state index is 13.6. The standard InChI is InChI=1S/C29H30N4O6S/c1-4-39-22-12-8-11-21(15-22)30-26(34)17-25-28(36)32(18-19-9-6-5-7-10-19)29(40)33(25)31-27(35)20-13-23(37-2)16-24(14-20)38-3/h5-16,25H,4,17-18H2,1-3H3,(H,30,34)(H,31,35). The van der Waals surface area contributed by atoms with E-state index >= 15 is 0 Å². The van der Waals surface area contributed by atoms with Gasteiger partial charge in [0, 0.05) is 23.4 Å². The zero-order valence-electron chi connectivity index (χ0n) is 22.4. The molecule has 3 amide bonds. The van der Waals surface area contributed by atoms with Gasteiger partial charge in [-0.05, 0) is 49.0 Å². The molecule has 1 unspecified atom stereocenters. The molecule has 0 aliphatic carbocycles. The summed E-state index contributed by atoms with van der Waals surface area (Å²) in [6, 6.07) is 19.9. The van der Waals surface area contributed by atoms with Crippen molar-refractivity contribution < 1.29 is 28.6 Å². The number of amides is 3. The SMILES string of the molecule is CCOc1cccc(NC(=O)CC2C(=O)N(Cc3ccccc3)C(=S)N2NC(=O)c2cc(OC)cc(OC)c2)c1. The monoisotopic (exact) mass is 562 g/mol. The average molecular weight is 563 g/mol. The summed E-state index contributed by atoms with van der Waals surface area (Å²) >= 11 is 5.63. The van der Waals surface area contributed by atoms with Crippen molar-refractivity contribution in [3.05, 3.63) is 83.9 Å². The highest BCUT2D eigenvalue weighted by molar-refractivity contribution is 7.80. The summed E-state index contributed by atoms with van der Waals surface area (Å²) in [5.41, 5.74) is 4.31. The first-order valence-electron chi connectivity index (χ1n) is 12.6. The molecule has 1 aliphatic heterocycles. The maximum Gasteiger partial charge on any atom is 0.270 e. The number of benzene rings is 3. The van der Waals surface area contributed by atoms with Crippen molar-refractivity contribution in [2.75, 3.05) is 26.1 Å². The number of rotatable bonds is 11. The van der Waals surface area contributed by atoms with Crippen molar-refractivity contribution >= 4 is 40.7 Å². The number of carbonyl (C=O) groups excluding carboxylic acids is 3. The van der Waals surface area contributed by atoms with Crippen LogP contribution in [0.15, 0.2) is 72.8 Å². The minimum Gasteiger partial charge on any atom is -0.497 e. The molecule has 1 heterocycles. The van der Waals surface area contributed by atoms with Gasteiger partial charge in [-0.3, -0.25) is 24.7 Å². The van der Waals surface area contributed by atoms with Crippen LogP contribution in [0.5, 0.6) is 17.2 Å². The first kappa shape index (κ1) is 28.4. The Morgan fingerprint density at radius 2 is 1.62 bits per heavy atom. The van der Waals surface area contributed by atoms with Crippen LogP contribution in [0.1, 0.15) is 29.3 Å². The van der Waals surface area contributed by atoms with Crippen molar-refractivity contribution in [3.8, 4) is 17.2 Å². The largest absolute Gasteiger partial charge is 0.497 e. The van der Waals surface area contributed by atoms with Gasteiger partial charge in [-0.2, -0.15) is 0 Å². The van der Waals surface area contributed by atoms with Crippen LogP contribution in [0.3, 0.4) is 0 Å². The fraction of sp³-hybridized carbons (Fsp3) is 0.241. The third kappa shape index (κ3) is 6.67. The minimum absolute atomic E-state index is 0.0770. The van der Waals surface area contributed by atoms with Gasteiger partial charge in [0.15, 0.2) is 5.11 Å². The van der Waals surface area contributed by atoms with Gasteiger partial charge in [-0.15, -0.1) is 0 Å². The second-order valence-corrected chi connectivity index (χ2v) is 9.20. The summed E-state index contributed by atoms with van der Waals surface area (Å²) < 4.78 is 16.0. The molecule has 1 saturated heterocycles. The van der Waals surface area contributed by atoms with Crippen LogP contribution in [-0.2, 0) is 16.1 Å². The van der Waals surface area contributed by atoms with Gasteiger partial charge < -0.3 is 19.5 Å². The van der Waals surface area contributed by atoms with E-state index in [1.807, 2.05) is 37.3 Å². The summed E-state index contributed by atoms with van der Waals surface area (Å²) in [6.45, 7) is 2.54. The molecule has 40 heavy (non-hydrogen) atoms. The van der Waals surface area contributed by atoms with E-state index in [-0.39, 0.29) is 23.6 Å². The summed E-state index contributed by atoms with van der Waals surface area (Å²) in [6.07, 6.45) is -0.259. The van der Waals surface area contributed by atoms with Crippen LogP contribution in [0, 0.1) is 0 Å². The smallest absolute Gasteiger partial charge is 0.270 e. The molecule has 0 aromatic heterocycles. The van der Waals surface area contributed by atoms with E-state index in [1.54, 1.807) is 30.3 Å². The van der Waals surface area contributed by atoms with Crippen molar-refractivity contribution in [2.45, 2.75) is 25.9 Å². The third-order valence-corrected chi connectivity index (χ3v) is 6.54. The Morgan fingerprint density at radius 3 is 2.27 bits per heavy atom. The summed E-state index contributed by atoms with van der Waals surface area (Å²) in [5.74, 6) is 0.0500. The molecule has 0 radical (unpaired) electrons. The Hall–Kier alpha value is -4.64. The number of nitrogens with zero attached hydrogens (tertiary/aromatic N) is 2. The molecule has 2 N–H and O–H groups in total. The topological polar surface area (TPSA) is 109 Å². The molecule has 208 valence electrons. The van der Waals surface area contributed by atoms with E-state index in [9.17, 15) is 14.4 Å². The number of hydrazine groups is 1. The summed E-state index contributed by atoms with van der Waals surface area (Å²) in [7, 11) is 2.95. The summed E-state index contributed by atoms with van der Waals surface area (Å²) in [5, 5.41) is 4.14. The number of carbonyl (C=O) groups is 3. The number of hydrogen-bond donors (Lipinski definition) is 2. The summed E-state index contributed by atoms with van der Waals surface area (Å²) in [4.78, 5) is 41.4. The first-order chi connectivity index (χ1) is 19.3. The van der Waals surface area contributed by atoms with Gasteiger partial charge >= 0.3 is 0 Å². The second-order valence-electron chi connectivity index (χ2n) is 8.83. The Kier molecular flexibility index (Phi) is 9.18.